The highest BCUT2D eigenvalue weighted by atomic mass is 16.5. The van der Waals surface area contributed by atoms with Crippen LogP contribution < -0.4 is 26.6 Å². The lowest BCUT2D eigenvalue weighted by atomic mass is 10.2. The molecule has 200 valence electrons. The van der Waals surface area contributed by atoms with E-state index in [0.717, 1.165) is 4.90 Å². The first-order chi connectivity index (χ1) is 17.2. The molecule has 36 heavy (non-hydrogen) atoms. The van der Waals surface area contributed by atoms with E-state index in [1.54, 1.807) is 0 Å². The highest BCUT2D eigenvalue weighted by Crippen LogP contribution is 2.07. The number of nitrogens with zero attached hydrogens (tertiary/aromatic N) is 1. The van der Waals surface area contributed by atoms with E-state index in [2.05, 4.69) is 26.6 Å². The van der Waals surface area contributed by atoms with Gasteiger partial charge in [0, 0.05) is 25.1 Å². The number of rotatable bonds is 18. The minimum absolute atomic E-state index is 0.0642. The third kappa shape index (κ3) is 13.8. The molecule has 0 fully saturated rings. The number of amides is 7. The predicted molar refractivity (Wildman–Crippen MR) is 122 cm³/mol. The van der Waals surface area contributed by atoms with Gasteiger partial charge in [-0.05, 0) is 12.8 Å². The number of unbranched alkanes of at least 4 members (excludes halogenated alkanes) is 2. The van der Waals surface area contributed by atoms with Crippen molar-refractivity contribution in [3.8, 4) is 0 Å². The van der Waals surface area contributed by atoms with Crippen LogP contribution in [0.3, 0.4) is 0 Å². The zero-order chi connectivity index (χ0) is 26.8. The maximum absolute atomic E-state index is 11.8. The Kier molecular flexibility index (Phi) is 14.7. The normalized spacial score (nSPS) is 12.3. The van der Waals surface area contributed by atoms with Crippen molar-refractivity contribution in [3.05, 3.63) is 12.2 Å². The smallest absolute Gasteiger partial charge is 0.253 e. The van der Waals surface area contributed by atoms with E-state index in [0.29, 0.717) is 19.3 Å². The van der Waals surface area contributed by atoms with Crippen LogP contribution >= 0.6 is 0 Å². The number of carbonyl (C=O) groups excluding carboxylic acids is 7. The maximum atomic E-state index is 11.8. The van der Waals surface area contributed by atoms with Crippen molar-refractivity contribution in [2.24, 2.45) is 0 Å². The van der Waals surface area contributed by atoms with Crippen molar-refractivity contribution < 1.29 is 43.4 Å². The van der Waals surface area contributed by atoms with Gasteiger partial charge < -0.3 is 36.4 Å². The first-order valence-electron chi connectivity index (χ1n) is 11.3. The van der Waals surface area contributed by atoms with Gasteiger partial charge in [0.15, 0.2) is 0 Å². The van der Waals surface area contributed by atoms with Crippen LogP contribution in [-0.2, 0) is 38.3 Å². The van der Waals surface area contributed by atoms with Gasteiger partial charge in [-0.2, -0.15) is 0 Å². The van der Waals surface area contributed by atoms with Crippen LogP contribution in [0.1, 0.15) is 25.7 Å². The minimum atomic E-state index is -0.642. The SMILES string of the molecule is O=C(CCCCCN1C(=O)C=CC1=O)NCC(=O)NCC(=O)NCC(=O)NCC(=O)NCOCCO. The molecule has 0 unspecified atom stereocenters. The minimum Gasteiger partial charge on any atom is -0.394 e. The van der Waals surface area contributed by atoms with Crippen molar-refractivity contribution in [3.63, 3.8) is 0 Å². The number of ether oxygens (including phenoxy) is 1. The Bertz CT molecular complexity index is 828. The lowest BCUT2D eigenvalue weighted by molar-refractivity contribution is -0.137. The summed E-state index contributed by atoms with van der Waals surface area (Å²) in [5.41, 5.74) is 0. The number of hydrogen-bond acceptors (Lipinski definition) is 9. The van der Waals surface area contributed by atoms with Crippen molar-refractivity contribution in [1.29, 1.82) is 0 Å². The van der Waals surface area contributed by atoms with E-state index in [1.807, 2.05) is 0 Å². The Morgan fingerprint density at radius 2 is 1.17 bits per heavy atom. The van der Waals surface area contributed by atoms with Crippen molar-refractivity contribution in [1.82, 2.24) is 31.5 Å². The second kappa shape index (κ2) is 17.6. The highest BCUT2D eigenvalue weighted by Gasteiger charge is 2.22. The van der Waals surface area contributed by atoms with E-state index in [9.17, 15) is 33.6 Å². The molecule has 0 aromatic carbocycles. The Labute approximate surface area is 207 Å². The number of hydrogen-bond donors (Lipinski definition) is 6. The van der Waals surface area contributed by atoms with E-state index >= 15 is 0 Å². The summed E-state index contributed by atoms with van der Waals surface area (Å²) in [6.45, 7) is -1.42. The molecular formula is C21H32N6O9. The van der Waals surface area contributed by atoms with Crippen LogP contribution in [0.25, 0.3) is 0 Å². The largest absolute Gasteiger partial charge is 0.394 e. The van der Waals surface area contributed by atoms with Crippen LogP contribution in [-0.4, -0.2) is 104 Å². The van der Waals surface area contributed by atoms with Crippen LogP contribution in [0.15, 0.2) is 12.2 Å². The third-order valence-corrected chi connectivity index (χ3v) is 4.58. The van der Waals surface area contributed by atoms with Gasteiger partial charge >= 0.3 is 0 Å². The van der Waals surface area contributed by atoms with Gasteiger partial charge in [0.05, 0.1) is 39.4 Å². The van der Waals surface area contributed by atoms with E-state index in [-0.39, 0.29) is 63.7 Å². The predicted octanol–water partition coefficient (Wildman–Crippen LogP) is -3.98. The fraction of sp³-hybridized carbons (Fsp3) is 0.571. The van der Waals surface area contributed by atoms with Gasteiger partial charge in [-0.25, -0.2) is 0 Å². The van der Waals surface area contributed by atoms with Gasteiger partial charge in [-0.3, -0.25) is 38.5 Å². The zero-order valence-corrected chi connectivity index (χ0v) is 19.8. The molecule has 1 aliphatic heterocycles. The fourth-order valence-electron chi connectivity index (χ4n) is 2.71. The molecule has 0 saturated carbocycles. The van der Waals surface area contributed by atoms with Crippen LogP contribution in [0, 0.1) is 0 Å². The summed E-state index contributed by atoms with van der Waals surface area (Å²) in [5.74, 6) is -3.42. The summed E-state index contributed by atoms with van der Waals surface area (Å²) in [6.07, 6.45) is 4.29. The molecule has 1 aliphatic rings. The van der Waals surface area contributed by atoms with Gasteiger partial charge in [0.1, 0.15) is 6.73 Å². The third-order valence-electron chi connectivity index (χ3n) is 4.58. The Hall–Kier alpha value is -3.85. The molecular weight excluding hydrogens is 480 g/mol. The lowest BCUT2D eigenvalue weighted by Crippen LogP contribution is -2.45. The van der Waals surface area contributed by atoms with Crippen molar-refractivity contribution >= 4 is 41.4 Å². The Balaban J connectivity index is 2.02. The quantitative estimate of drug-likeness (QED) is 0.0599. The molecule has 0 bridgehead atoms. The monoisotopic (exact) mass is 512 g/mol. The van der Waals surface area contributed by atoms with E-state index in [4.69, 9.17) is 9.84 Å². The first kappa shape index (κ1) is 30.2. The lowest BCUT2D eigenvalue weighted by Gasteiger charge is -2.13. The number of aliphatic hydroxyl groups is 1. The standard InChI is InChI=1S/C21H32N6O9/c28-8-9-36-14-26-19(33)13-25-18(32)12-24-17(31)11-23-16(30)10-22-15(29)4-2-1-3-7-27-20(34)5-6-21(27)35/h5-6,28H,1-4,7-14H2,(H,22,29)(H,23,30)(H,24,31)(H,25,32)(H,26,33). The molecule has 1 heterocycles. The Morgan fingerprint density at radius 1 is 0.694 bits per heavy atom. The molecule has 0 aliphatic carbocycles. The number of carbonyl (C=O) groups is 7. The van der Waals surface area contributed by atoms with Crippen LogP contribution in [0.4, 0.5) is 0 Å². The summed E-state index contributed by atoms with van der Waals surface area (Å²) in [5, 5.41) is 20.1. The molecule has 0 aromatic rings. The number of aliphatic hydroxyl groups excluding tert-OH is 1. The highest BCUT2D eigenvalue weighted by molar-refractivity contribution is 6.12. The van der Waals surface area contributed by atoms with Crippen molar-refractivity contribution in [2.75, 3.05) is 52.7 Å². The molecule has 6 N–H and O–H groups in total. The summed E-state index contributed by atoms with van der Waals surface area (Å²) in [6, 6.07) is 0. The maximum Gasteiger partial charge on any atom is 0.253 e. The molecule has 7 amide bonds. The summed E-state index contributed by atoms with van der Waals surface area (Å²) >= 11 is 0. The Morgan fingerprint density at radius 3 is 1.67 bits per heavy atom. The molecule has 0 saturated heterocycles. The molecule has 0 radical (unpaired) electrons. The second-order valence-electron chi connectivity index (χ2n) is 7.46. The van der Waals surface area contributed by atoms with Crippen LogP contribution in [0.2, 0.25) is 0 Å². The number of nitrogens with one attached hydrogen (secondary N) is 5. The molecule has 15 nitrogen and oxygen atoms in total. The summed E-state index contributed by atoms with van der Waals surface area (Å²) in [7, 11) is 0. The van der Waals surface area contributed by atoms with Gasteiger partial charge in [-0.1, -0.05) is 6.42 Å². The molecule has 1 rings (SSSR count). The van der Waals surface area contributed by atoms with E-state index < -0.39 is 36.7 Å². The molecule has 0 atom stereocenters. The summed E-state index contributed by atoms with van der Waals surface area (Å²) in [4.78, 5) is 82.3. The molecule has 0 spiro atoms. The second-order valence-corrected chi connectivity index (χ2v) is 7.46. The van der Waals surface area contributed by atoms with Gasteiger partial charge in [-0.15, -0.1) is 0 Å². The summed E-state index contributed by atoms with van der Waals surface area (Å²) < 4.78 is 4.83. The van der Waals surface area contributed by atoms with E-state index in [1.165, 1.54) is 12.2 Å². The zero-order valence-electron chi connectivity index (χ0n) is 19.8. The molecule has 0 aromatic heterocycles. The first-order valence-corrected chi connectivity index (χ1v) is 11.3. The topological polar surface area (TPSA) is 212 Å². The van der Waals surface area contributed by atoms with Crippen LogP contribution in [0.5, 0.6) is 0 Å². The average molecular weight is 513 g/mol. The average Bonchev–Trinajstić information content (AvgIpc) is 3.18. The van der Waals surface area contributed by atoms with Crippen molar-refractivity contribution in [2.45, 2.75) is 25.7 Å². The van der Waals surface area contributed by atoms with Gasteiger partial charge in [0.2, 0.25) is 29.5 Å². The number of imide groups is 1. The molecule has 15 heteroatoms. The van der Waals surface area contributed by atoms with Gasteiger partial charge in [0.25, 0.3) is 11.8 Å². The fourth-order valence-corrected chi connectivity index (χ4v) is 2.71.